The second kappa shape index (κ2) is 5.14. The normalized spacial score (nSPS) is 14.4. The fourth-order valence-electron chi connectivity index (χ4n) is 0.808. The maximum atomic E-state index is 11.5. The molecule has 0 bridgehead atoms. The van der Waals surface area contributed by atoms with Gasteiger partial charge in [-0.2, -0.15) is 0 Å². The number of esters is 1. The van der Waals surface area contributed by atoms with E-state index in [1.54, 1.807) is 0 Å². The quantitative estimate of drug-likeness (QED) is 0.494. The first kappa shape index (κ1) is 13.2. The van der Waals surface area contributed by atoms with E-state index in [2.05, 4.69) is 3.53 Å². The Balaban J connectivity index is 4.23. The van der Waals surface area contributed by atoms with Crippen LogP contribution in [-0.2, 0) is 9.53 Å². The molecule has 4 heteroatoms. The van der Waals surface area contributed by atoms with Crippen molar-refractivity contribution in [1.82, 2.24) is 3.53 Å². The van der Waals surface area contributed by atoms with Gasteiger partial charge in [0.05, 0.1) is 0 Å². The minimum absolute atomic E-state index is 0.183. The Morgan fingerprint density at radius 1 is 1.38 bits per heavy atom. The van der Waals surface area contributed by atoms with E-state index in [1.807, 2.05) is 57.5 Å². The molecule has 0 amide bonds. The molecule has 3 nitrogen and oxygen atoms in total. The summed E-state index contributed by atoms with van der Waals surface area (Å²) in [6.45, 7) is 9.58. The third-order valence-corrected chi connectivity index (χ3v) is 2.12. The SMILES string of the molecule is CC(C)[C@H](NI)C(=O)OC(C)(C)C. The molecule has 0 aromatic rings. The molecule has 0 spiro atoms. The van der Waals surface area contributed by atoms with Crippen LogP contribution in [0.2, 0.25) is 0 Å². The smallest absolute Gasteiger partial charge is 0.324 e. The molecule has 78 valence electrons. The number of hydrogen-bond acceptors (Lipinski definition) is 3. The van der Waals surface area contributed by atoms with Crippen LogP contribution in [0.15, 0.2) is 0 Å². The van der Waals surface area contributed by atoms with Crippen molar-refractivity contribution in [1.29, 1.82) is 0 Å². The van der Waals surface area contributed by atoms with Crippen molar-refractivity contribution in [3.8, 4) is 0 Å². The maximum absolute atomic E-state index is 11.5. The van der Waals surface area contributed by atoms with Gasteiger partial charge in [0.25, 0.3) is 0 Å². The number of halogens is 1. The molecule has 0 aromatic heterocycles. The Bertz CT molecular complexity index is 175. The molecule has 1 N–H and O–H groups in total. The zero-order valence-electron chi connectivity index (χ0n) is 8.85. The zero-order valence-corrected chi connectivity index (χ0v) is 11.0. The maximum Gasteiger partial charge on any atom is 0.324 e. The number of carbonyl (C=O) groups excluding carboxylic acids is 1. The van der Waals surface area contributed by atoms with Crippen LogP contribution in [0.1, 0.15) is 34.6 Å². The van der Waals surface area contributed by atoms with Crippen molar-refractivity contribution in [2.75, 3.05) is 0 Å². The monoisotopic (exact) mass is 299 g/mol. The summed E-state index contributed by atoms with van der Waals surface area (Å²) in [4.78, 5) is 11.5. The van der Waals surface area contributed by atoms with Crippen LogP contribution in [-0.4, -0.2) is 17.6 Å². The van der Waals surface area contributed by atoms with Gasteiger partial charge in [-0.05, 0) is 26.7 Å². The van der Waals surface area contributed by atoms with E-state index in [4.69, 9.17) is 4.74 Å². The van der Waals surface area contributed by atoms with E-state index in [0.717, 1.165) is 0 Å². The highest BCUT2D eigenvalue weighted by Gasteiger charge is 2.26. The highest BCUT2D eigenvalue weighted by Crippen LogP contribution is 2.12. The van der Waals surface area contributed by atoms with Crippen LogP contribution < -0.4 is 3.53 Å². The van der Waals surface area contributed by atoms with Gasteiger partial charge in [-0.15, -0.1) is 0 Å². The van der Waals surface area contributed by atoms with Crippen LogP contribution in [0.25, 0.3) is 0 Å². The first-order valence-electron chi connectivity index (χ1n) is 4.37. The van der Waals surface area contributed by atoms with E-state index in [-0.39, 0.29) is 17.9 Å². The average Bonchev–Trinajstić information content (AvgIpc) is 1.82. The van der Waals surface area contributed by atoms with E-state index >= 15 is 0 Å². The Morgan fingerprint density at radius 2 is 1.85 bits per heavy atom. The highest BCUT2D eigenvalue weighted by atomic mass is 127. The number of hydrogen-bond donors (Lipinski definition) is 1. The minimum atomic E-state index is -0.405. The van der Waals surface area contributed by atoms with Crippen LogP contribution in [0.4, 0.5) is 0 Å². The van der Waals surface area contributed by atoms with Crippen molar-refractivity contribution in [2.45, 2.75) is 46.3 Å². The Hall–Kier alpha value is 0.160. The fraction of sp³-hybridized carbons (Fsp3) is 0.889. The largest absolute Gasteiger partial charge is 0.459 e. The van der Waals surface area contributed by atoms with E-state index < -0.39 is 5.60 Å². The van der Waals surface area contributed by atoms with Gasteiger partial charge < -0.3 is 4.74 Å². The number of carbonyl (C=O) groups is 1. The molecular formula is C9H18INO2. The summed E-state index contributed by atoms with van der Waals surface area (Å²) < 4.78 is 8.17. The summed E-state index contributed by atoms with van der Waals surface area (Å²) >= 11 is 1.98. The zero-order chi connectivity index (χ0) is 10.6. The number of rotatable bonds is 3. The molecule has 0 saturated heterocycles. The van der Waals surface area contributed by atoms with Crippen LogP contribution in [0.3, 0.4) is 0 Å². The Labute approximate surface area is 94.1 Å². The Morgan fingerprint density at radius 3 is 2.08 bits per heavy atom. The molecule has 0 aromatic carbocycles. The minimum Gasteiger partial charge on any atom is -0.459 e. The predicted molar refractivity (Wildman–Crippen MR) is 61.6 cm³/mol. The van der Waals surface area contributed by atoms with E-state index in [1.165, 1.54) is 0 Å². The van der Waals surface area contributed by atoms with Crippen LogP contribution >= 0.6 is 22.9 Å². The number of nitrogens with one attached hydrogen (secondary N) is 1. The lowest BCUT2D eigenvalue weighted by Crippen LogP contribution is -2.40. The summed E-state index contributed by atoms with van der Waals surface area (Å²) in [7, 11) is 0. The molecule has 0 heterocycles. The van der Waals surface area contributed by atoms with Gasteiger partial charge in [0, 0.05) is 22.9 Å². The molecule has 0 aliphatic rings. The van der Waals surface area contributed by atoms with Crippen molar-refractivity contribution >= 4 is 28.8 Å². The lowest BCUT2D eigenvalue weighted by molar-refractivity contribution is -0.157. The van der Waals surface area contributed by atoms with Crippen LogP contribution in [0, 0.1) is 5.92 Å². The molecule has 0 aliphatic carbocycles. The molecule has 0 saturated carbocycles. The number of ether oxygens (including phenoxy) is 1. The van der Waals surface area contributed by atoms with E-state index in [0.29, 0.717) is 0 Å². The molecule has 0 radical (unpaired) electrons. The molecule has 0 rings (SSSR count). The molecule has 1 atom stereocenters. The first-order chi connectivity index (χ1) is 5.78. The van der Waals surface area contributed by atoms with Gasteiger partial charge in [0.2, 0.25) is 0 Å². The second-order valence-corrected chi connectivity index (χ2v) is 4.99. The summed E-state index contributed by atoms with van der Waals surface area (Å²) in [5.41, 5.74) is -0.405. The summed E-state index contributed by atoms with van der Waals surface area (Å²) in [5, 5.41) is 0. The van der Waals surface area contributed by atoms with Crippen molar-refractivity contribution in [3.05, 3.63) is 0 Å². The summed E-state index contributed by atoms with van der Waals surface area (Å²) in [5.74, 6) is 0.0589. The second-order valence-electron chi connectivity index (χ2n) is 4.36. The van der Waals surface area contributed by atoms with Crippen LogP contribution in [0.5, 0.6) is 0 Å². The Kier molecular flexibility index (Phi) is 5.21. The first-order valence-corrected chi connectivity index (χ1v) is 5.45. The lowest BCUT2D eigenvalue weighted by atomic mass is 10.1. The standard InChI is InChI=1S/C9H18INO2/c1-6(2)7(11-10)8(12)13-9(3,4)5/h6-7,11H,1-5H3/t7-/m0/s1. The van der Waals surface area contributed by atoms with Crippen molar-refractivity contribution < 1.29 is 9.53 Å². The van der Waals surface area contributed by atoms with E-state index in [9.17, 15) is 4.79 Å². The van der Waals surface area contributed by atoms with Crippen molar-refractivity contribution in [2.24, 2.45) is 5.92 Å². The highest BCUT2D eigenvalue weighted by molar-refractivity contribution is 14.1. The topological polar surface area (TPSA) is 38.3 Å². The molecule has 0 aliphatic heterocycles. The average molecular weight is 299 g/mol. The molecule has 13 heavy (non-hydrogen) atoms. The van der Waals surface area contributed by atoms with Gasteiger partial charge in [0.1, 0.15) is 11.6 Å². The van der Waals surface area contributed by atoms with Gasteiger partial charge in [-0.25, -0.2) is 3.53 Å². The molecule has 0 fully saturated rings. The van der Waals surface area contributed by atoms with Crippen molar-refractivity contribution in [3.63, 3.8) is 0 Å². The van der Waals surface area contributed by atoms with Gasteiger partial charge >= 0.3 is 5.97 Å². The van der Waals surface area contributed by atoms with Gasteiger partial charge in [0.15, 0.2) is 0 Å². The lowest BCUT2D eigenvalue weighted by Gasteiger charge is -2.24. The third kappa shape index (κ3) is 5.46. The molecule has 0 unspecified atom stereocenters. The van der Waals surface area contributed by atoms with Gasteiger partial charge in [-0.3, -0.25) is 4.79 Å². The van der Waals surface area contributed by atoms with Gasteiger partial charge in [-0.1, -0.05) is 13.8 Å². The fourth-order valence-corrected chi connectivity index (χ4v) is 1.78. The summed E-state index contributed by atoms with van der Waals surface area (Å²) in [6, 6.07) is -0.222. The summed E-state index contributed by atoms with van der Waals surface area (Å²) in [6.07, 6.45) is 0. The third-order valence-electron chi connectivity index (χ3n) is 1.44. The molecular weight excluding hydrogens is 281 g/mol. The predicted octanol–water partition coefficient (Wildman–Crippen LogP) is 2.29.